The lowest BCUT2D eigenvalue weighted by molar-refractivity contribution is 0.0957. The summed E-state index contributed by atoms with van der Waals surface area (Å²) >= 11 is 7.84. The van der Waals surface area contributed by atoms with Crippen LogP contribution < -0.4 is 5.32 Å². The van der Waals surface area contributed by atoms with Crippen molar-refractivity contribution in [3.05, 3.63) is 21.3 Å². The van der Waals surface area contributed by atoms with Crippen LogP contribution in [0, 0.1) is 0 Å². The molecule has 15 heavy (non-hydrogen) atoms. The van der Waals surface area contributed by atoms with Crippen molar-refractivity contribution in [2.75, 3.05) is 13.7 Å². The zero-order valence-corrected chi connectivity index (χ0v) is 10.4. The minimum absolute atomic E-state index is 0.334. The predicted octanol–water partition coefficient (Wildman–Crippen LogP) is 3.23. The third-order valence-electron chi connectivity index (χ3n) is 2.83. The quantitative estimate of drug-likeness (QED) is 0.880. The summed E-state index contributed by atoms with van der Waals surface area (Å²) in [6.45, 7) is 0.916. The zero-order chi connectivity index (χ0) is 10.7. The first-order chi connectivity index (χ1) is 7.31. The first-order valence-electron chi connectivity index (χ1n) is 5.33. The highest BCUT2D eigenvalue weighted by Crippen LogP contribution is 2.33. The molecule has 0 amide bonds. The van der Waals surface area contributed by atoms with Gasteiger partial charge in [0.15, 0.2) is 0 Å². The molecule has 1 N–H and O–H groups in total. The van der Waals surface area contributed by atoms with Crippen molar-refractivity contribution in [1.82, 2.24) is 5.32 Å². The predicted molar refractivity (Wildman–Crippen MR) is 64.7 cm³/mol. The molecule has 0 aromatic carbocycles. The molecule has 84 valence electrons. The fraction of sp³-hybridized carbons (Fsp3) is 0.636. The van der Waals surface area contributed by atoms with Crippen molar-refractivity contribution >= 4 is 22.9 Å². The van der Waals surface area contributed by atoms with Gasteiger partial charge in [0.05, 0.1) is 11.1 Å². The van der Waals surface area contributed by atoms with E-state index in [0.717, 1.165) is 18.1 Å². The van der Waals surface area contributed by atoms with Gasteiger partial charge in [0.1, 0.15) is 0 Å². The molecule has 2 rings (SSSR count). The Kier molecular flexibility index (Phi) is 4.03. The Bertz CT molecular complexity index is 309. The molecule has 2 nitrogen and oxygen atoms in total. The van der Waals surface area contributed by atoms with Gasteiger partial charge in [0, 0.05) is 17.5 Å². The second-order valence-electron chi connectivity index (χ2n) is 3.84. The van der Waals surface area contributed by atoms with Gasteiger partial charge in [-0.1, -0.05) is 11.6 Å². The Morgan fingerprint density at radius 3 is 3.13 bits per heavy atom. The maximum atomic E-state index is 6.13. The van der Waals surface area contributed by atoms with Crippen LogP contribution in [0.2, 0.25) is 5.02 Å². The van der Waals surface area contributed by atoms with E-state index in [4.69, 9.17) is 16.3 Å². The van der Waals surface area contributed by atoms with Gasteiger partial charge < -0.3 is 10.1 Å². The summed E-state index contributed by atoms with van der Waals surface area (Å²) in [6, 6.07) is 2.29. The molecule has 2 heterocycles. The smallest absolute Gasteiger partial charge is 0.0594 e. The van der Waals surface area contributed by atoms with E-state index in [1.807, 2.05) is 18.5 Å². The van der Waals surface area contributed by atoms with Gasteiger partial charge in [-0.2, -0.15) is 0 Å². The van der Waals surface area contributed by atoms with Crippen LogP contribution in [0.5, 0.6) is 0 Å². The number of ether oxygens (including phenoxy) is 1. The fourth-order valence-electron chi connectivity index (χ4n) is 2.00. The van der Waals surface area contributed by atoms with E-state index in [-0.39, 0.29) is 0 Å². The molecule has 0 spiro atoms. The summed E-state index contributed by atoms with van der Waals surface area (Å²) in [7, 11) is 1.98. The second kappa shape index (κ2) is 5.30. The Morgan fingerprint density at radius 1 is 1.73 bits per heavy atom. The summed E-state index contributed by atoms with van der Waals surface area (Å²) in [5, 5.41) is 6.23. The monoisotopic (exact) mass is 245 g/mol. The van der Waals surface area contributed by atoms with Gasteiger partial charge in [0.25, 0.3) is 0 Å². The summed E-state index contributed by atoms with van der Waals surface area (Å²) < 4.78 is 5.64. The number of halogens is 1. The number of thiophene rings is 1. The Hall–Kier alpha value is -0.0900. The highest BCUT2D eigenvalue weighted by Gasteiger charge is 2.22. The summed E-state index contributed by atoms with van der Waals surface area (Å²) in [5.41, 5.74) is 0. The van der Waals surface area contributed by atoms with Crippen molar-refractivity contribution in [3.63, 3.8) is 0 Å². The Balaban J connectivity index is 2.00. The molecule has 2 unspecified atom stereocenters. The van der Waals surface area contributed by atoms with Gasteiger partial charge in [-0.3, -0.25) is 0 Å². The van der Waals surface area contributed by atoms with Crippen LogP contribution in [-0.2, 0) is 4.74 Å². The molecular weight excluding hydrogens is 230 g/mol. The zero-order valence-electron chi connectivity index (χ0n) is 8.83. The topological polar surface area (TPSA) is 21.3 Å². The minimum atomic E-state index is 0.334. The van der Waals surface area contributed by atoms with Crippen molar-refractivity contribution < 1.29 is 4.74 Å². The second-order valence-corrected chi connectivity index (χ2v) is 5.20. The van der Waals surface area contributed by atoms with Crippen LogP contribution in [0.1, 0.15) is 30.2 Å². The summed E-state index contributed by atoms with van der Waals surface area (Å²) in [4.78, 5) is 1.23. The molecule has 0 aliphatic carbocycles. The lowest BCUT2D eigenvalue weighted by Gasteiger charge is -2.19. The minimum Gasteiger partial charge on any atom is -0.378 e. The van der Waals surface area contributed by atoms with Crippen LogP contribution in [0.15, 0.2) is 11.4 Å². The first kappa shape index (κ1) is 11.4. The molecule has 1 saturated heterocycles. The molecule has 2 atom stereocenters. The molecule has 1 fully saturated rings. The van der Waals surface area contributed by atoms with Gasteiger partial charge in [-0.25, -0.2) is 0 Å². The molecule has 0 bridgehead atoms. The third-order valence-corrected chi connectivity index (χ3v) is 4.30. The van der Waals surface area contributed by atoms with Gasteiger partial charge in [-0.15, -0.1) is 11.3 Å². The van der Waals surface area contributed by atoms with E-state index in [0.29, 0.717) is 12.1 Å². The maximum absolute atomic E-state index is 6.13. The normalized spacial score (nSPS) is 23.2. The van der Waals surface area contributed by atoms with Crippen molar-refractivity contribution in [2.24, 2.45) is 0 Å². The first-order valence-corrected chi connectivity index (χ1v) is 6.58. The van der Waals surface area contributed by atoms with Gasteiger partial charge in [-0.05, 0) is 37.8 Å². The third kappa shape index (κ3) is 2.72. The highest BCUT2D eigenvalue weighted by atomic mass is 35.5. The van der Waals surface area contributed by atoms with Crippen LogP contribution in [0.3, 0.4) is 0 Å². The molecular formula is C11H16ClNOS. The molecule has 1 aromatic heterocycles. The van der Waals surface area contributed by atoms with Crippen LogP contribution in [0.4, 0.5) is 0 Å². The Morgan fingerprint density at radius 2 is 2.60 bits per heavy atom. The Labute approximate surface area is 99.6 Å². The van der Waals surface area contributed by atoms with Gasteiger partial charge >= 0.3 is 0 Å². The van der Waals surface area contributed by atoms with Crippen molar-refractivity contribution in [3.8, 4) is 0 Å². The molecule has 0 saturated carbocycles. The number of rotatable bonds is 4. The lowest BCUT2D eigenvalue weighted by Crippen LogP contribution is -2.21. The van der Waals surface area contributed by atoms with E-state index in [1.54, 1.807) is 11.3 Å². The van der Waals surface area contributed by atoms with Crippen molar-refractivity contribution in [2.45, 2.75) is 31.4 Å². The fourth-order valence-corrected chi connectivity index (χ4v) is 3.32. The van der Waals surface area contributed by atoms with E-state index < -0.39 is 0 Å². The molecule has 1 aromatic rings. The standard InChI is InChI=1S/C11H16ClNOS/c1-13-10(7-8-3-2-5-14-8)11-9(12)4-6-15-11/h4,6,8,10,13H,2-3,5,7H2,1H3. The van der Waals surface area contributed by atoms with Crippen LogP contribution in [-0.4, -0.2) is 19.8 Å². The average molecular weight is 246 g/mol. The number of hydrogen-bond donors (Lipinski definition) is 1. The summed E-state index contributed by atoms with van der Waals surface area (Å²) in [5.74, 6) is 0. The number of nitrogens with one attached hydrogen (secondary N) is 1. The SMILES string of the molecule is CNC(CC1CCCO1)c1sccc1Cl. The highest BCUT2D eigenvalue weighted by molar-refractivity contribution is 7.10. The summed E-state index contributed by atoms with van der Waals surface area (Å²) in [6.07, 6.45) is 3.80. The van der Waals surface area contributed by atoms with Gasteiger partial charge in [0.2, 0.25) is 0 Å². The lowest BCUT2D eigenvalue weighted by atomic mass is 10.1. The molecule has 1 aliphatic rings. The largest absolute Gasteiger partial charge is 0.378 e. The average Bonchev–Trinajstić information content (AvgIpc) is 2.85. The van der Waals surface area contributed by atoms with E-state index in [1.165, 1.54) is 17.7 Å². The van der Waals surface area contributed by atoms with E-state index >= 15 is 0 Å². The van der Waals surface area contributed by atoms with Crippen LogP contribution >= 0.6 is 22.9 Å². The molecule has 0 radical (unpaired) electrons. The number of hydrogen-bond acceptors (Lipinski definition) is 3. The molecule has 1 aliphatic heterocycles. The van der Waals surface area contributed by atoms with Crippen LogP contribution in [0.25, 0.3) is 0 Å². The maximum Gasteiger partial charge on any atom is 0.0594 e. The molecule has 4 heteroatoms. The van der Waals surface area contributed by atoms with E-state index in [9.17, 15) is 0 Å². The van der Waals surface area contributed by atoms with E-state index in [2.05, 4.69) is 5.32 Å². The van der Waals surface area contributed by atoms with Crippen molar-refractivity contribution in [1.29, 1.82) is 0 Å².